The van der Waals surface area contributed by atoms with Crippen molar-refractivity contribution in [1.29, 1.82) is 0 Å². The Bertz CT molecular complexity index is 508. The molecule has 0 radical (unpaired) electrons. The normalized spacial score (nSPS) is 21.6. The molecular formula is C18H28N2O4. The number of ether oxygens (including phenoxy) is 2. The number of carbonyl (C=O) groups excluding carboxylic acids is 1. The standard InChI is InChI=1S/C18H28N2O4/c1-14-12-19(13-15(2)20(14)9-10-21)18(22)8-11-24-17-6-4-16(23-3)5-7-17/h4-7,14-15,21H,8-13H2,1-3H3/t14-,15+. The molecule has 2 rings (SSSR count). The minimum absolute atomic E-state index is 0.117. The van der Waals surface area contributed by atoms with E-state index in [0.29, 0.717) is 32.7 Å². The lowest BCUT2D eigenvalue weighted by Crippen LogP contribution is -2.58. The van der Waals surface area contributed by atoms with Crippen molar-refractivity contribution < 1.29 is 19.4 Å². The SMILES string of the molecule is COc1ccc(OCCC(=O)N2C[C@@H](C)N(CCO)[C@@H](C)C2)cc1. The molecule has 1 aliphatic heterocycles. The van der Waals surface area contributed by atoms with E-state index < -0.39 is 0 Å². The third kappa shape index (κ3) is 4.85. The van der Waals surface area contributed by atoms with Gasteiger partial charge in [0.05, 0.1) is 26.7 Å². The number of rotatable bonds is 7. The zero-order valence-electron chi connectivity index (χ0n) is 14.8. The Balaban J connectivity index is 1.78. The number of aliphatic hydroxyl groups is 1. The fourth-order valence-corrected chi connectivity index (χ4v) is 3.20. The van der Waals surface area contributed by atoms with E-state index in [1.54, 1.807) is 7.11 Å². The lowest BCUT2D eigenvalue weighted by atomic mass is 10.1. The number of nitrogens with zero attached hydrogens (tertiary/aromatic N) is 2. The number of carbonyl (C=O) groups is 1. The third-order valence-corrected chi connectivity index (χ3v) is 4.46. The van der Waals surface area contributed by atoms with E-state index in [1.807, 2.05) is 29.2 Å². The minimum atomic E-state index is 0.117. The van der Waals surface area contributed by atoms with Crippen molar-refractivity contribution in [2.24, 2.45) is 0 Å². The summed E-state index contributed by atoms with van der Waals surface area (Å²) >= 11 is 0. The molecule has 0 aliphatic carbocycles. The van der Waals surface area contributed by atoms with E-state index in [0.717, 1.165) is 11.5 Å². The van der Waals surface area contributed by atoms with E-state index in [9.17, 15) is 4.79 Å². The van der Waals surface area contributed by atoms with Crippen molar-refractivity contribution >= 4 is 5.91 Å². The molecule has 1 aromatic carbocycles. The summed E-state index contributed by atoms with van der Waals surface area (Å²) in [7, 11) is 1.62. The van der Waals surface area contributed by atoms with Crippen LogP contribution in [-0.2, 0) is 4.79 Å². The molecule has 0 aromatic heterocycles. The molecule has 1 heterocycles. The van der Waals surface area contributed by atoms with Crippen molar-refractivity contribution in [2.75, 3.05) is 40.0 Å². The van der Waals surface area contributed by atoms with Gasteiger partial charge in [0.2, 0.25) is 5.91 Å². The number of β-amino-alcohol motifs (C(OH)–C–C–N with tert-alkyl or cyclic N) is 1. The maximum absolute atomic E-state index is 12.4. The summed E-state index contributed by atoms with van der Waals surface area (Å²) in [6, 6.07) is 7.85. The number of amides is 1. The molecule has 1 aliphatic rings. The fourth-order valence-electron chi connectivity index (χ4n) is 3.20. The molecule has 6 heteroatoms. The van der Waals surface area contributed by atoms with Crippen LogP contribution in [0.2, 0.25) is 0 Å². The van der Waals surface area contributed by atoms with Gasteiger partial charge < -0.3 is 19.5 Å². The highest BCUT2D eigenvalue weighted by molar-refractivity contribution is 5.76. The van der Waals surface area contributed by atoms with Gasteiger partial charge in [-0.25, -0.2) is 0 Å². The molecule has 1 aromatic rings. The zero-order chi connectivity index (χ0) is 17.5. The molecule has 6 nitrogen and oxygen atoms in total. The lowest BCUT2D eigenvalue weighted by Gasteiger charge is -2.44. The molecular weight excluding hydrogens is 308 g/mol. The summed E-state index contributed by atoms with van der Waals surface area (Å²) in [6.07, 6.45) is 0.367. The van der Waals surface area contributed by atoms with Gasteiger partial charge in [0, 0.05) is 31.7 Å². The summed E-state index contributed by atoms with van der Waals surface area (Å²) in [5.41, 5.74) is 0. The average Bonchev–Trinajstić information content (AvgIpc) is 2.58. The summed E-state index contributed by atoms with van der Waals surface area (Å²) in [5, 5.41) is 9.14. The molecule has 0 bridgehead atoms. The van der Waals surface area contributed by atoms with Crippen molar-refractivity contribution in [3.63, 3.8) is 0 Å². The third-order valence-electron chi connectivity index (χ3n) is 4.46. The Labute approximate surface area is 144 Å². The minimum Gasteiger partial charge on any atom is -0.497 e. The van der Waals surface area contributed by atoms with Gasteiger partial charge >= 0.3 is 0 Å². The molecule has 1 saturated heterocycles. The van der Waals surface area contributed by atoms with Crippen molar-refractivity contribution in [3.05, 3.63) is 24.3 Å². The quantitative estimate of drug-likeness (QED) is 0.815. The van der Waals surface area contributed by atoms with Crippen LogP contribution in [0.5, 0.6) is 11.5 Å². The van der Waals surface area contributed by atoms with Gasteiger partial charge in [-0.2, -0.15) is 0 Å². The van der Waals surface area contributed by atoms with Crippen LogP contribution in [0, 0.1) is 0 Å². The first-order valence-corrected chi connectivity index (χ1v) is 8.46. The number of methoxy groups -OCH3 is 1. The van der Waals surface area contributed by atoms with E-state index in [2.05, 4.69) is 18.7 Å². The maximum atomic E-state index is 12.4. The molecule has 0 saturated carbocycles. The summed E-state index contributed by atoms with van der Waals surface area (Å²) in [5.74, 6) is 1.63. The second kappa shape index (κ2) is 8.89. The fraction of sp³-hybridized carbons (Fsp3) is 0.611. The first-order chi connectivity index (χ1) is 11.5. The van der Waals surface area contributed by atoms with Crippen LogP contribution >= 0.6 is 0 Å². The van der Waals surface area contributed by atoms with Gasteiger partial charge in [-0.3, -0.25) is 9.69 Å². The second-order valence-electron chi connectivity index (χ2n) is 6.23. The molecule has 0 unspecified atom stereocenters. The average molecular weight is 336 g/mol. The smallest absolute Gasteiger partial charge is 0.226 e. The van der Waals surface area contributed by atoms with E-state index in [1.165, 1.54) is 0 Å². The zero-order valence-corrected chi connectivity index (χ0v) is 14.8. The Kier molecular flexibility index (Phi) is 6.87. The van der Waals surface area contributed by atoms with Crippen LogP contribution in [0.4, 0.5) is 0 Å². The van der Waals surface area contributed by atoms with Crippen LogP contribution in [0.3, 0.4) is 0 Å². The van der Waals surface area contributed by atoms with Gasteiger partial charge in [0.25, 0.3) is 0 Å². The molecule has 1 fully saturated rings. The van der Waals surface area contributed by atoms with Gasteiger partial charge in [-0.15, -0.1) is 0 Å². The van der Waals surface area contributed by atoms with Gasteiger partial charge in [0.1, 0.15) is 11.5 Å². The van der Waals surface area contributed by atoms with Gasteiger partial charge in [-0.1, -0.05) is 0 Å². The number of piperazine rings is 1. The number of hydrogen-bond donors (Lipinski definition) is 1. The lowest BCUT2D eigenvalue weighted by molar-refractivity contribution is -0.136. The van der Waals surface area contributed by atoms with E-state index in [4.69, 9.17) is 14.6 Å². The summed E-state index contributed by atoms with van der Waals surface area (Å²) in [4.78, 5) is 16.6. The number of benzene rings is 1. The van der Waals surface area contributed by atoms with Gasteiger partial charge in [0.15, 0.2) is 0 Å². The monoisotopic (exact) mass is 336 g/mol. The molecule has 2 atom stereocenters. The molecule has 134 valence electrons. The van der Waals surface area contributed by atoms with E-state index in [-0.39, 0.29) is 24.6 Å². The summed E-state index contributed by atoms with van der Waals surface area (Å²) in [6.45, 7) is 6.77. The molecule has 0 spiro atoms. The first-order valence-electron chi connectivity index (χ1n) is 8.46. The van der Waals surface area contributed by atoms with Crippen LogP contribution in [0.15, 0.2) is 24.3 Å². The molecule has 1 amide bonds. The molecule has 24 heavy (non-hydrogen) atoms. The van der Waals surface area contributed by atoms with E-state index >= 15 is 0 Å². The van der Waals surface area contributed by atoms with Crippen LogP contribution in [-0.4, -0.2) is 72.9 Å². The highest BCUT2D eigenvalue weighted by Crippen LogP contribution is 2.18. The van der Waals surface area contributed by atoms with Crippen LogP contribution in [0.1, 0.15) is 20.3 Å². The Hall–Kier alpha value is -1.79. The highest BCUT2D eigenvalue weighted by atomic mass is 16.5. The number of aliphatic hydroxyl groups excluding tert-OH is 1. The Morgan fingerprint density at radius 3 is 2.29 bits per heavy atom. The summed E-state index contributed by atoms with van der Waals surface area (Å²) < 4.78 is 10.7. The van der Waals surface area contributed by atoms with Crippen molar-refractivity contribution in [3.8, 4) is 11.5 Å². The largest absolute Gasteiger partial charge is 0.497 e. The molecule has 1 N–H and O–H groups in total. The Morgan fingerprint density at radius 2 is 1.75 bits per heavy atom. The van der Waals surface area contributed by atoms with Gasteiger partial charge in [-0.05, 0) is 38.1 Å². The van der Waals surface area contributed by atoms with Crippen molar-refractivity contribution in [1.82, 2.24) is 9.80 Å². The van der Waals surface area contributed by atoms with Crippen molar-refractivity contribution in [2.45, 2.75) is 32.4 Å². The first kappa shape index (κ1) is 18.5. The topological polar surface area (TPSA) is 62.2 Å². The Morgan fingerprint density at radius 1 is 1.17 bits per heavy atom. The predicted molar refractivity (Wildman–Crippen MR) is 92.4 cm³/mol. The maximum Gasteiger partial charge on any atom is 0.226 e. The number of hydrogen-bond acceptors (Lipinski definition) is 5. The van der Waals surface area contributed by atoms with Crippen LogP contribution in [0.25, 0.3) is 0 Å². The second-order valence-corrected chi connectivity index (χ2v) is 6.23. The highest BCUT2D eigenvalue weighted by Gasteiger charge is 2.31. The predicted octanol–water partition coefficient (Wildman–Crippen LogP) is 1.38. The van der Waals surface area contributed by atoms with Crippen LogP contribution < -0.4 is 9.47 Å².